The molecule has 0 aliphatic heterocycles. The van der Waals surface area contributed by atoms with Crippen LogP contribution >= 0.6 is 0 Å². The first kappa shape index (κ1) is 12.3. The number of benzene rings is 1. The third kappa shape index (κ3) is 2.63. The molecule has 0 saturated carbocycles. The molecular formula is C13H17NO2. The maximum absolute atomic E-state index is 10.4. The molecule has 0 atom stereocenters. The van der Waals surface area contributed by atoms with E-state index in [9.17, 15) is 4.79 Å². The van der Waals surface area contributed by atoms with Crippen molar-refractivity contribution in [3.05, 3.63) is 29.8 Å². The van der Waals surface area contributed by atoms with Gasteiger partial charge >= 0.3 is 0 Å². The fourth-order valence-corrected chi connectivity index (χ4v) is 1.73. The first-order chi connectivity index (χ1) is 7.60. The van der Waals surface area contributed by atoms with E-state index in [0.29, 0.717) is 23.8 Å². The second-order valence-corrected chi connectivity index (χ2v) is 3.87. The van der Waals surface area contributed by atoms with Crippen LogP contribution in [-0.2, 0) is 4.79 Å². The number of carbonyl (C=O) groups excluding carboxylic acids is 1. The second kappa shape index (κ2) is 5.35. The van der Waals surface area contributed by atoms with Gasteiger partial charge in [0.05, 0.1) is 0 Å². The van der Waals surface area contributed by atoms with Crippen molar-refractivity contribution in [3.8, 4) is 5.75 Å². The van der Waals surface area contributed by atoms with Crippen LogP contribution in [0.25, 0.3) is 5.57 Å². The van der Waals surface area contributed by atoms with Crippen LogP contribution < -0.4 is 10.5 Å². The van der Waals surface area contributed by atoms with Crippen LogP contribution in [0.3, 0.4) is 0 Å². The van der Waals surface area contributed by atoms with Gasteiger partial charge in [0.1, 0.15) is 5.75 Å². The Morgan fingerprint density at radius 2 is 2.12 bits per heavy atom. The Morgan fingerprint density at radius 3 is 2.62 bits per heavy atom. The first-order valence-electron chi connectivity index (χ1n) is 5.26. The van der Waals surface area contributed by atoms with Crippen molar-refractivity contribution in [1.29, 1.82) is 0 Å². The smallest absolute Gasteiger partial charge is 0.298 e. The Morgan fingerprint density at radius 1 is 1.44 bits per heavy atom. The molecule has 0 amide bonds. The molecule has 1 aromatic rings. The van der Waals surface area contributed by atoms with Crippen LogP contribution in [0.1, 0.15) is 26.3 Å². The fourth-order valence-electron chi connectivity index (χ4n) is 1.73. The zero-order valence-corrected chi connectivity index (χ0v) is 9.86. The van der Waals surface area contributed by atoms with Crippen molar-refractivity contribution >= 4 is 17.7 Å². The van der Waals surface area contributed by atoms with E-state index in [1.807, 2.05) is 19.1 Å². The number of hydrogen-bond acceptors (Lipinski definition) is 3. The molecule has 16 heavy (non-hydrogen) atoms. The maximum atomic E-state index is 10.4. The monoisotopic (exact) mass is 219 g/mol. The van der Waals surface area contributed by atoms with Gasteiger partial charge in [-0.15, -0.1) is 0 Å². The Balaban J connectivity index is 3.26. The van der Waals surface area contributed by atoms with E-state index in [1.54, 1.807) is 12.1 Å². The number of carbonyl (C=O) groups is 1. The van der Waals surface area contributed by atoms with E-state index >= 15 is 0 Å². The number of nitrogen functional groups attached to an aromatic ring is 1. The van der Waals surface area contributed by atoms with Crippen molar-refractivity contribution in [1.82, 2.24) is 0 Å². The lowest BCUT2D eigenvalue weighted by atomic mass is 9.94. The van der Waals surface area contributed by atoms with Crippen LogP contribution in [0.4, 0.5) is 5.69 Å². The molecule has 0 saturated heterocycles. The molecular weight excluding hydrogens is 202 g/mol. The van der Waals surface area contributed by atoms with Crippen molar-refractivity contribution < 1.29 is 9.53 Å². The van der Waals surface area contributed by atoms with E-state index in [0.717, 1.165) is 11.1 Å². The number of nitrogens with two attached hydrogens (primary N) is 1. The molecule has 3 nitrogen and oxygen atoms in total. The lowest BCUT2D eigenvalue weighted by Gasteiger charge is -2.14. The second-order valence-electron chi connectivity index (χ2n) is 3.87. The molecule has 0 bridgehead atoms. The van der Waals surface area contributed by atoms with Gasteiger partial charge in [-0.1, -0.05) is 19.9 Å². The molecule has 0 aliphatic rings. The average Bonchev–Trinajstić information content (AvgIpc) is 2.22. The first-order valence-corrected chi connectivity index (χ1v) is 5.26. The maximum Gasteiger partial charge on any atom is 0.298 e. The largest absolute Gasteiger partial charge is 0.428 e. The Hall–Kier alpha value is -1.77. The van der Waals surface area contributed by atoms with Crippen molar-refractivity contribution in [2.24, 2.45) is 5.92 Å². The van der Waals surface area contributed by atoms with E-state index < -0.39 is 0 Å². The van der Waals surface area contributed by atoms with Crippen LogP contribution in [0.15, 0.2) is 24.3 Å². The topological polar surface area (TPSA) is 52.3 Å². The molecule has 1 rings (SSSR count). The van der Waals surface area contributed by atoms with Crippen LogP contribution in [0, 0.1) is 5.92 Å². The summed E-state index contributed by atoms with van der Waals surface area (Å²) in [5.74, 6) is 0.874. The van der Waals surface area contributed by atoms with Crippen molar-refractivity contribution in [3.63, 3.8) is 0 Å². The minimum atomic E-state index is 0.364. The summed E-state index contributed by atoms with van der Waals surface area (Å²) in [6.45, 7) is 6.58. The molecule has 1 aromatic carbocycles. The highest BCUT2D eigenvalue weighted by Crippen LogP contribution is 2.32. The highest BCUT2D eigenvalue weighted by atomic mass is 16.5. The highest BCUT2D eigenvalue weighted by Gasteiger charge is 2.11. The third-order valence-electron chi connectivity index (χ3n) is 2.42. The fraction of sp³-hybridized carbons (Fsp3) is 0.308. The normalized spacial score (nSPS) is 11.6. The summed E-state index contributed by atoms with van der Waals surface area (Å²) in [5.41, 5.74) is 8.29. The molecule has 3 heteroatoms. The summed E-state index contributed by atoms with van der Waals surface area (Å²) < 4.78 is 4.95. The standard InChI is InChI=1S/C13H17NO2/c1-4-11(9(2)3)12-6-5-10(14)7-13(12)16-8-15/h4-9H,14H2,1-3H3/b11-4-. The molecule has 0 heterocycles. The zero-order chi connectivity index (χ0) is 12.1. The van der Waals surface area contributed by atoms with Gasteiger partial charge in [-0.25, -0.2) is 0 Å². The van der Waals surface area contributed by atoms with Gasteiger partial charge < -0.3 is 10.5 Å². The van der Waals surface area contributed by atoms with Crippen LogP contribution in [-0.4, -0.2) is 6.47 Å². The Bertz CT molecular complexity index is 408. The molecule has 0 aliphatic carbocycles. The quantitative estimate of drug-likeness (QED) is 0.625. The van der Waals surface area contributed by atoms with Crippen LogP contribution in [0.5, 0.6) is 5.75 Å². The minimum Gasteiger partial charge on any atom is -0.428 e. The predicted octanol–water partition coefficient (Wildman–Crippen LogP) is 2.86. The van der Waals surface area contributed by atoms with Crippen LogP contribution in [0.2, 0.25) is 0 Å². The molecule has 0 spiro atoms. The van der Waals surface area contributed by atoms with Crippen molar-refractivity contribution in [2.45, 2.75) is 20.8 Å². The Kier molecular flexibility index (Phi) is 4.11. The molecule has 86 valence electrons. The summed E-state index contributed by atoms with van der Waals surface area (Å²) in [5, 5.41) is 0. The molecule has 0 radical (unpaired) electrons. The predicted molar refractivity (Wildman–Crippen MR) is 66.0 cm³/mol. The summed E-state index contributed by atoms with van der Waals surface area (Å²) >= 11 is 0. The minimum absolute atomic E-state index is 0.364. The average molecular weight is 219 g/mol. The van der Waals surface area contributed by atoms with E-state index in [1.165, 1.54) is 0 Å². The van der Waals surface area contributed by atoms with Gasteiger partial charge in [0, 0.05) is 17.3 Å². The summed E-state index contributed by atoms with van der Waals surface area (Å²) in [6, 6.07) is 5.35. The number of allylic oxidation sites excluding steroid dienone is 2. The number of anilines is 1. The van der Waals surface area contributed by atoms with Gasteiger partial charge in [0.2, 0.25) is 0 Å². The van der Waals surface area contributed by atoms with E-state index in [4.69, 9.17) is 10.5 Å². The lowest BCUT2D eigenvalue weighted by molar-refractivity contribution is -0.120. The lowest BCUT2D eigenvalue weighted by Crippen LogP contribution is -2.00. The molecule has 2 N–H and O–H groups in total. The van der Waals surface area contributed by atoms with E-state index in [2.05, 4.69) is 13.8 Å². The third-order valence-corrected chi connectivity index (χ3v) is 2.42. The van der Waals surface area contributed by atoms with E-state index in [-0.39, 0.29) is 0 Å². The number of ether oxygens (including phenoxy) is 1. The Labute approximate surface area is 95.9 Å². The SMILES string of the molecule is C/C=C(\c1ccc(N)cc1OC=O)C(C)C. The van der Waals surface area contributed by atoms with Gasteiger partial charge in [0.25, 0.3) is 6.47 Å². The number of rotatable bonds is 4. The van der Waals surface area contributed by atoms with Crippen molar-refractivity contribution in [2.75, 3.05) is 5.73 Å². The van der Waals surface area contributed by atoms with Gasteiger partial charge in [0.15, 0.2) is 0 Å². The molecule has 0 aromatic heterocycles. The highest BCUT2D eigenvalue weighted by molar-refractivity contribution is 5.74. The summed E-state index contributed by atoms with van der Waals surface area (Å²) in [7, 11) is 0. The molecule has 0 unspecified atom stereocenters. The number of hydrogen-bond donors (Lipinski definition) is 1. The van der Waals surface area contributed by atoms with Gasteiger partial charge in [-0.2, -0.15) is 0 Å². The van der Waals surface area contributed by atoms with Gasteiger partial charge in [-0.3, -0.25) is 4.79 Å². The zero-order valence-electron chi connectivity index (χ0n) is 9.86. The summed E-state index contributed by atoms with van der Waals surface area (Å²) in [4.78, 5) is 10.4. The van der Waals surface area contributed by atoms with Gasteiger partial charge in [-0.05, 0) is 30.5 Å². The summed E-state index contributed by atoms with van der Waals surface area (Å²) in [6.07, 6.45) is 2.02. The molecule has 0 fully saturated rings.